The highest BCUT2D eigenvalue weighted by molar-refractivity contribution is 5.15. The van der Waals surface area contributed by atoms with Gasteiger partial charge in [0.25, 0.3) is 0 Å². The number of nitrogens with zero attached hydrogens (tertiary/aromatic N) is 2. The van der Waals surface area contributed by atoms with Crippen LogP contribution in [0.4, 0.5) is 0 Å². The van der Waals surface area contributed by atoms with Gasteiger partial charge < -0.3 is 4.57 Å². The van der Waals surface area contributed by atoms with Crippen molar-refractivity contribution in [1.29, 1.82) is 0 Å². The topological polar surface area (TPSA) is 17.8 Å². The van der Waals surface area contributed by atoms with E-state index in [1.807, 2.05) is 12.5 Å². The minimum Gasteiger partial charge on any atom is -0.334 e. The Balaban J connectivity index is 2.09. The maximum Gasteiger partial charge on any atom is 0.0948 e. The van der Waals surface area contributed by atoms with E-state index in [9.17, 15) is 0 Å². The minimum atomic E-state index is 0.580. The van der Waals surface area contributed by atoms with Crippen molar-refractivity contribution < 1.29 is 0 Å². The Morgan fingerprint density at radius 3 is 2.28 bits per heavy atom. The Kier molecular flexibility index (Phi) is 9.40. The molecule has 2 heteroatoms. The van der Waals surface area contributed by atoms with Gasteiger partial charge in [0.05, 0.1) is 6.33 Å². The molecule has 0 aliphatic heterocycles. The predicted octanol–water partition coefficient (Wildman–Crippen LogP) is 6.83. The molecule has 2 aromatic rings. The van der Waals surface area contributed by atoms with Gasteiger partial charge in [-0.05, 0) is 30.7 Å². The highest BCUT2D eigenvalue weighted by atomic mass is 15.1. The third-order valence-electron chi connectivity index (χ3n) is 5.32. The first-order valence-corrected chi connectivity index (χ1v) is 10.4. The largest absolute Gasteiger partial charge is 0.334 e. The van der Waals surface area contributed by atoms with E-state index >= 15 is 0 Å². The van der Waals surface area contributed by atoms with Crippen LogP contribution in [0.2, 0.25) is 0 Å². The van der Waals surface area contributed by atoms with Crippen molar-refractivity contribution in [3.05, 3.63) is 54.6 Å². The Bertz CT molecular complexity index is 532. The Hall–Kier alpha value is -1.57. The van der Waals surface area contributed by atoms with Crippen LogP contribution in [-0.4, -0.2) is 9.55 Å². The summed E-state index contributed by atoms with van der Waals surface area (Å²) in [6.07, 6.45) is 19.2. The van der Waals surface area contributed by atoms with Crippen molar-refractivity contribution in [3.8, 4) is 0 Å². The second-order valence-electron chi connectivity index (χ2n) is 7.37. The van der Waals surface area contributed by atoms with Gasteiger partial charge in [-0.15, -0.1) is 0 Å². The lowest BCUT2D eigenvalue weighted by molar-refractivity contribution is 0.276. The number of aromatic nitrogens is 2. The standard InChI is InChI=1S/C23H36N2/c1-3-5-7-12-15-22(19-21-13-10-8-11-14-21)23(16-9-6-4-2)25-18-17-24-20-25/h8,10-11,13-14,17-18,20,22-23H,3-7,9,12,15-16,19H2,1-2H3. The number of hydrogen-bond acceptors (Lipinski definition) is 1. The Morgan fingerprint density at radius 1 is 0.880 bits per heavy atom. The fourth-order valence-electron chi connectivity index (χ4n) is 3.88. The average Bonchev–Trinajstić information content (AvgIpc) is 3.17. The normalized spacial score (nSPS) is 13.7. The number of unbranched alkanes of at least 4 members (excludes halogenated alkanes) is 5. The van der Waals surface area contributed by atoms with E-state index in [1.54, 1.807) is 0 Å². The molecule has 2 atom stereocenters. The van der Waals surface area contributed by atoms with E-state index in [0.29, 0.717) is 12.0 Å². The second kappa shape index (κ2) is 11.9. The molecular weight excluding hydrogens is 304 g/mol. The fraction of sp³-hybridized carbons (Fsp3) is 0.609. The lowest BCUT2D eigenvalue weighted by atomic mass is 9.84. The van der Waals surface area contributed by atoms with Crippen LogP contribution in [0.3, 0.4) is 0 Å². The number of hydrogen-bond donors (Lipinski definition) is 0. The zero-order chi connectivity index (χ0) is 17.7. The molecule has 25 heavy (non-hydrogen) atoms. The van der Waals surface area contributed by atoms with Crippen molar-refractivity contribution in [2.75, 3.05) is 0 Å². The molecule has 0 amide bonds. The van der Waals surface area contributed by atoms with Gasteiger partial charge in [-0.1, -0.05) is 89.1 Å². The van der Waals surface area contributed by atoms with Crippen molar-refractivity contribution in [3.63, 3.8) is 0 Å². The maximum absolute atomic E-state index is 4.33. The van der Waals surface area contributed by atoms with Crippen LogP contribution in [0.1, 0.15) is 83.2 Å². The third kappa shape index (κ3) is 7.05. The second-order valence-corrected chi connectivity index (χ2v) is 7.37. The summed E-state index contributed by atoms with van der Waals surface area (Å²) in [4.78, 5) is 4.33. The molecule has 1 aromatic carbocycles. The van der Waals surface area contributed by atoms with Crippen LogP contribution < -0.4 is 0 Å². The maximum atomic E-state index is 4.33. The van der Waals surface area contributed by atoms with Gasteiger partial charge in [-0.2, -0.15) is 0 Å². The lowest BCUT2D eigenvalue weighted by Crippen LogP contribution is -2.21. The summed E-state index contributed by atoms with van der Waals surface area (Å²) in [6, 6.07) is 11.6. The smallest absolute Gasteiger partial charge is 0.0948 e. The van der Waals surface area contributed by atoms with Crippen molar-refractivity contribution in [1.82, 2.24) is 9.55 Å². The summed E-state index contributed by atoms with van der Waals surface area (Å²) in [6.45, 7) is 4.58. The van der Waals surface area contributed by atoms with Crippen LogP contribution in [0.25, 0.3) is 0 Å². The van der Waals surface area contributed by atoms with E-state index in [-0.39, 0.29) is 0 Å². The summed E-state index contributed by atoms with van der Waals surface area (Å²) < 4.78 is 2.38. The number of rotatable bonds is 13. The van der Waals surface area contributed by atoms with Gasteiger partial charge in [0.15, 0.2) is 0 Å². The van der Waals surface area contributed by atoms with Crippen molar-refractivity contribution in [2.24, 2.45) is 5.92 Å². The van der Waals surface area contributed by atoms with Gasteiger partial charge in [-0.25, -0.2) is 4.98 Å². The fourth-order valence-corrected chi connectivity index (χ4v) is 3.88. The first-order valence-electron chi connectivity index (χ1n) is 10.4. The summed E-state index contributed by atoms with van der Waals surface area (Å²) in [5.41, 5.74) is 1.48. The molecule has 0 aliphatic rings. The first-order chi connectivity index (χ1) is 12.3. The predicted molar refractivity (Wildman–Crippen MR) is 108 cm³/mol. The highest BCUT2D eigenvalue weighted by Crippen LogP contribution is 2.32. The van der Waals surface area contributed by atoms with Gasteiger partial charge in [0, 0.05) is 18.4 Å². The molecule has 0 saturated carbocycles. The van der Waals surface area contributed by atoms with E-state index in [2.05, 4.69) is 59.9 Å². The van der Waals surface area contributed by atoms with E-state index in [4.69, 9.17) is 0 Å². The third-order valence-corrected chi connectivity index (χ3v) is 5.32. The van der Waals surface area contributed by atoms with Crippen LogP contribution >= 0.6 is 0 Å². The molecule has 0 fully saturated rings. The van der Waals surface area contributed by atoms with Crippen molar-refractivity contribution >= 4 is 0 Å². The molecular formula is C23H36N2. The molecule has 2 rings (SSSR count). The van der Waals surface area contributed by atoms with Crippen LogP contribution in [0.15, 0.2) is 49.1 Å². The Morgan fingerprint density at radius 2 is 1.60 bits per heavy atom. The van der Waals surface area contributed by atoms with Gasteiger partial charge in [0.2, 0.25) is 0 Å². The van der Waals surface area contributed by atoms with E-state index in [1.165, 1.54) is 69.8 Å². The first kappa shape index (κ1) is 19.8. The Labute approximate surface area is 154 Å². The molecule has 0 N–H and O–H groups in total. The van der Waals surface area contributed by atoms with Crippen LogP contribution in [-0.2, 0) is 6.42 Å². The van der Waals surface area contributed by atoms with Crippen LogP contribution in [0.5, 0.6) is 0 Å². The minimum absolute atomic E-state index is 0.580. The molecule has 1 aromatic heterocycles. The van der Waals surface area contributed by atoms with E-state index < -0.39 is 0 Å². The van der Waals surface area contributed by atoms with Gasteiger partial charge >= 0.3 is 0 Å². The SMILES string of the molecule is CCCCCCC(Cc1ccccc1)C(CCCCC)n1ccnc1. The molecule has 0 spiro atoms. The molecule has 0 saturated heterocycles. The molecule has 0 aliphatic carbocycles. The van der Waals surface area contributed by atoms with E-state index in [0.717, 1.165) is 0 Å². The molecule has 2 nitrogen and oxygen atoms in total. The summed E-state index contributed by atoms with van der Waals surface area (Å²) in [5.74, 6) is 0.699. The zero-order valence-corrected chi connectivity index (χ0v) is 16.2. The zero-order valence-electron chi connectivity index (χ0n) is 16.2. The average molecular weight is 341 g/mol. The monoisotopic (exact) mass is 340 g/mol. The van der Waals surface area contributed by atoms with Gasteiger partial charge in [0.1, 0.15) is 0 Å². The molecule has 138 valence electrons. The highest BCUT2D eigenvalue weighted by Gasteiger charge is 2.22. The summed E-state index contributed by atoms with van der Waals surface area (Å²) >= 11 is 0. The van der Waals surface area contributed by atoms with Gasteiger partial charge in [-0.3, -0.25) is 0 Å². The number of imidazole rings is 1. The lowest BCUT2D eigenvalue weighted by Gasteiger charge is -2.29. The molecule has 2 unspecified atom stereocenters. The van der Waals surface area contributed by atoms with Crippen molar-refractivity contribution in [2.45, 2.75) is 84.1 Å². The molecule has 1 heterocycles. The molecule has 0 radical (unpaired) electrons. The number of benzene rings is 1. The molecule has 0 bridgehead atoms. The summed E-state index contributed by atoms with van der Waals surface area (Å²) in [7, 11) is 0. The summed E-state index contributed by atoms with van der Waals surface area (Å²) in [5, 5.41) is 0. The quantitative estimate of drug-likeness (QED) is 0.365. The van der Waals surface area contributed by atoms with Crippen LogP contribution in [0, 0.1) is 5.92 Å².